The Labute approximate surface area is 90.3 Å². The Morgan fingerprint density at radius 2 is 2.27 bits per heavy atom. The van der Waals surface area contributed by atoms with Gasteiger partial charge in [-0.25, -0.2) is 4.79 Å². The van der Waals surface area contributed by atoms with E-state index < -0.39 is 5.97 Å². The number of carbonyl (C=O) groups is 1. The molecule has 0 aromatic heterocycles. The molecule has 0 amide bonds. The van der Waals surface area contributed by atoms with Crippen LogP contribution < -0.4 is 5.32 Å². The SMILES string of the molecule is CCC(=CCNCC1(C)COC1)C(=O)O. The highest BCUT2D eigenvalue weighted by Crippen LogP contribution is 2.24. The van der Waals surface area contributed by atoms with Gasteiger partial charge in [-0.15, -0.1) is 0 Å². The molecule has 0 atom stereocenters. The summed E-state index contributed by atoms with van der Waals surface area (Å²) in [6, 6.07) is 0. The van der Waals surface area contributed by atoms with E-state index >= 15 is 0 Å². The quantitative estimate of drug-likeness (QED) is 0.511. The standard InChI is InChI=1S/C11H19NO3/c1-3-9(10(13)14)4-5-12-6-11(2)7-15-8-11/h4,12H,3,5-8H2,1-2H3,(H,13,14). The van der Waals surface area contributed by atoms with Crippen LogP contribution in [0.15, 0.2) is 11.6 Å². The van der Waals surface area contributed by atoms with Crippen molar-refractivity contribution in [1.29, 1.82) is 0 Å². The molecule has 0 unspecified atom stereocenters. The molecule has 15 heavy (non-hydrogen) atoms. The van der Waals surface area contributed by atoms with Gasteiger partial charge >= 0.3 is 5.97 Å². The molecular weight excluding hydrogens is 194 g/mol. The Bertz CT molecular complexity index is 257. The molecule has 0 bridgehead atoms. The van der Waals surface area contributed by atoms with E-state index in [1.165, 1.54) is 0 Å². The molecule has 86 valence electrons. The highest BCUT2D eigenvalue weighted by Gasteiger charge is 2.32. The molecule has 0 aromatic rings. The van der Waals surface area contributed by atoms with Crippen molar-refractivity contribution in [3.63, 3.8) is 0 Å². The van der Waals surface area contributed by atoms with Crippen molar-refractivity contribution in [2.45, 2.75) is 20.3 Å². The molecule has 0 spiro atoms. The van der Waals surface area contributed by atoms with Crippen LogP contribution in [-0.2, 0) is 9.53 Å². The number of nitrogens with one attached hydrogen (secondary N) is 1. The lowest BCUT2D eigenvalue weighted by molar-refractivity contribution is -0.132. The fourth-order valence-electron chi connectivity index (χ4n) is 1.50. The van der Waals surface area contributed by atoms with Gasteiger partial charge in [0.2, 0.25) is 0 Å². The van der Waals surface area contributed by atoms with E-state index in [4.69, 9.17) is 9.84 Å². The Kier molecular flexibility index (Phi) is 4.29. The lowest BCUT2D eigenvalue weighted by Crippen LogP contribution is -2.47. The van der Waals surface area contributed by atoms with Crippen LogP contribution in [0, 0.1) is 5.41 Å². The Balaban J connectivity index is 2.22. The molecule has 4 heteroatoms. The molecule has 1 heterocycles. The lowest BCUT2D eigenvalue weighted by Gasteiger charge is -2.38. The summed E-state index contributed by atoms with van der Waals surface area (Å²) in [5.74, 6) is -0.822. The monoisotopic (exact) mass is 213 g/mol. The maximum atomic E-state index is 10.7. The number of hydrogen-bond acceptors (Lipinski definition) is 3. The summed E-state index contributed by atoms with van der Waals surface area (Å²) in [7, 11) is 0. The van der Waals surface area contributed by atoms with Crippen LogP contribution in [0.1, 0.15) is 20.3 Å². The number of hydrogen-bond donors (Lipinski definition) is 2. The second-order valence-electron chi connectivity index (χ2n) is 4.32. The molecule has 2 N–H and O–H groups in total. The molecule has 1 aliphatic rings. The van der Waals surface area contributed by atoms with Crippen molar-refractivity contribution in [1.82, 2.24) is 5.32 Å². The van der Waals surface area contributed by atoms with Gasteiger partial charge in [0.15, 0.2) is 0 Å². The largest absolute Gasteiger partial charge is 0.478 e. The maximum Gasteiger partial charge on any atom is 0.331 e. The van der Waals surface area contributed by atoms with Crippen LogP contribution in [0.4, 0.5) is 0 Å². The van der Waals surface area contributed by atoms with E-state index in [0.717, 1.165) is 19.8 Å². The minimum absolute atomic E-state index is 0.240. The molecule has 1 fully saturated rings. The number of ether oxygens (including phenoxy) is 1. The van der Waals surface area contributed by atoms with Crippen molar-refractivity contribution in [2.24, 2.45) is 5.41 Å². The van der Waals surface area contributed by atoms with Crippen LogP contribution in [0.25, 0.3) is 0 Å². The zero-order chi connectivity index (χ0) is 11.3. The number of carboxylic acids is 1. The van der Waals surface area contributed by atoms with Gasteiger partial charge in [-0.05, 0) is 6.42 Å². The maximum absolute atomic E-state index is 10.7. The lowest BCUT2D eigenvalue weighted by atomic mass is 9.89. The molecule has 0 saturated carbocycles. The Morgan fingerprint density at radius 1 is 1.60 bits per heavy atom. The summed E-state index contributed by atoms with van der Waals surface area (Å²) in [5.41, 5.74) is 0.709. The van der Waals surface area contributed by atoms with Crippen molar-refractivity contribution < 1.29 is 14.6 Å². The average molecular weight is 213 g/mol. The Morgan fingerprint density at radius 3 is 2.67 bits per heavy atom. The number of aliphatic carboxylic acids is 1. The van der Waals surface area contributed by atoms with Crippen molar-refractivity contribution in [3.8, 4) is 0 Å². The van der Waals surface area contributed by atoms with Gasteiger partial charge in [-0.3, -0.25) is 0 Å². The highest BCUT2D eigenvalue weighted by molar-refractivity contribution is 5.86. The zero-order valence-electron chi connectivity index (χ0n) is 9.38. The molecule has 0 radical (unpaired) electrons. The van der Waals surface area contributed by atoms with E-state index in [1.807, 2.05) is 6.92 Å². The van der Waals surface area contributed by atoms with Crippen molar-refractivity contribution in [3.05, 3.63) is 11.6 Å². The van der Waals surface area contributed by atoms with E-state index in [2.05, 4.69) is 12.2 Å². The van der Waals surface area contributed by atoms with Crippen LogP contribution >= 0.6 is 0 Å². The third-order valence-electron chi connectivity index (χ3n) is 2.60. The van der Waals surface area contributed by atoms with Crippen molar-refractivity contribution >= 4 is 5.97 Å². The fraction of sp³-hybridized carbons (Fsp3) is 0.727. The normalized spacial score (nSPS) is 19.7. The van der Waals surface area contributed by atoms with Gasteiger partial charge in [-0.2, -0.15) is 0 Å². The smallest absolute Gasteiger partial charge is 0.331 e. The second kappa shape index (κ2) is 5.28. The predicted octanol–water partition coefficient (Wildman–Crippen LogP) is 1.03. The van der Waals surface area contributed by atoms with Gasteiger partial charge < -0.3 is 15.2 Å². The fourth-order valence-corrected chi connectivity index (χ4v) is 1.50. The van der Waals surface area contributed by atoms with Gasteiger partial charge in [-0.1, -0.05) is 19.9 Å². The summed E-state index contributed by atoms with van der Waals surface area (Å²) in [4.78, 5) is 10.7. The first kappa shape index (κ1) is 12.2. The van der Waals surface area contributed by atoms with Crippen LogP contribution in [0.3, 0.4) is 0 Å². The third-order valence-corrected chi connectivity index (χ3v) is 2.60. The van der Waals surface area contributed by atoms with E-state index in [0.29, 0.717) is 18.5 Å². The molecule has 1 aliphatic heterocycles. The van der Waals surface area contributed by atoms with Crippen molar-refractivity contribution in [2.75, 3.05) is 26.3 Å². The molecule has 1 saturated heterocycles. The third kappa shape index (κ3) is 3.64. The Hall–Kier alpha value is -0.870. The predicted molar refractivity (Wildman–Crippen MR) is 57.8 cm³/mol. The van der Waals surface area contributed by atoms with E-state index in [9.17, 15) is 4.79 Å². The first-order valence-corrected chi connectivity index (χ1v) is 5.28. The summed E-state index contributed by atoms with van der Waals surface area (Å²) >= 11 is 0. The molecular formula is C11H19NO3. The van der Waals surface area contributed by atoms with Crippen LogP contribution in [0.5, 0.6) is 0 Å². The molecule has 1 rings (SSSR count). The van der Waals surface area contributed by atoms with E-state index in [1.54, 1.807) is 6.08 Å². The summed E-state index contributed by atoms with van der Waals surface area (Å²) in [6.45, 7) is 7.09. The topological polar surface area (TPSA) is 58.6 Å². The molecule has 0 aliphatic carbocycles. The molecule has 4 nitrogen and oxygen atoms in total. The minimum atomic E-state index is -0.822. The van der Waals surface area contributed by atoms with Gasteiger partial charge in [0.05, 0.1) is 13.2 Å². The van der Waals surface area contributed by atoms with Crippen LogP contribution in [0.2, 0.25) is 0 Å². The number of carboxylic acid groups (broad SMARTS) is 1. The average Bonchev–Trinajstić information content (AvgIpc) is 2.14. The first-order valence-electron chi connectivity index (χ1n) is 5.28. The summed E-state index contributed by atoms with van der Waals surface area (Å²) in [6.07, 6.45) is 2.31. The summed E-state index contributed by atoms with van der Waals surface area (Å²) < 4.78 is 5.13. The second-order valence-corrected chi connectivity index (χ2v) is 4.32. The highest BCUT2D eigenvalue weighted by atomic mass is 16.5. The van der Waals surface area contributed by atoms with Gasteiger partial charge in [0.25, 0.3) is 0 Å². The van der Waals surface area contributed by atoms with E-state index in [-0.39, 0.29) is 5.41 Å². The zero-order valence-corrected chi connectivity index (χ0v) is 9.38. The summed E-state index contributed by atoms with van der Waals surface area (Å²) in [5, 5.41) is 12.0. The van der Waals surface area contributed by atoms with Gasteiger partial charge in [0.1, 0.15) is 0 Å². The molecule has 0 aromatic carbocycles. The van der Waals surface area contributed by atoms with Gasteiger partial charge in [0, 0.05) is 24.1 Å². The van der Waals surface area contributed by atoms with Crippen LogP contribution in [-0.4, -0.2) is 37.4 Å². The number of rotatable bonds is 6. The first-order chi connectivity index (χ1) is 7.07. The minimum Gasteiger partial charge on any atom is -0.478 e.